The Morgan fingerprint density at radius 1 is 0.884 bits per heavy atom. The van der Waals surface area contributed by atoms with Gasteiger partial charge in [-0.1, -0.05) is 72.1 Å². The molecular weight excluding hydrogens is 534 g/mol. The molecule has 0 bridgehead atoms. The number of anilines is 1. The molecule has 0 spiro atoms. The minimum atomic E-state index is -0.181. The number of carbonyl (C=O) groups is 1. The van der Waals surface area contributed by atoms with E-state index in [1.54, 1.807) is 0 Å². The van der Waals surface area contributed by atoms with Crippen molar-refractivity contribution in [2.45, 2.75) is 143 Å². The molecule has 1 N–H and O–H groups in total. The molecule has 1 saturated heterocycles. The fourth-order valence-electron chi connectivity index (χ4n) is 8.06. The first-order valence-electron chi connectivity index (χ1n) is 17.9. The number of H-pyrrole nitrogens is 1. The zero-order valence-corrected chi connectivity index (χ0v) is 27.8. The first-order valence-corrected chi connectivity index (χ1v) is 17.9. The maximum absolute atomic E-state index is 13.6. The Balaban J connectivity index is 1.34. The van der Waals surface area contributed by atoms with Crippen LogP contribution >= 0.6 is 0 Å². The number of aliphatic imine (C=N–C) groups is 1. The summed E-state index contributed by atoms with van der Waals surface area (Å²) in [6.07, 6.45) is 19.7. The van der Waals surface area contributed by atoms with Crippen LogP contribution in [0.1, 0.15) is 142 Å². The molecular formula is C36H59N5O2. The standard InChI is InChI=1S/C36H59N5O2/c1-26-18-19-30-31(32(37-26)36(2,3)4)38-35(39-33(30)42)41(25-28-14-7-5-8-15-28)24-21-27-13-11-12-22-40(23-20-27)34(43)29-16-9-6-10-17-29/h26-29H,5-25H2,1-4H3,(H,38,39,42). The second kappa shape index (κ2) is 14.7. The fraction of sp³-hybridized carbons (Fsp3) is 0.833. The lowest BCUT2D eigenvalue weighted by Crippen LogP contribution is -2.40. The van der Waals surface area contributed by atoms with Crippen LogP contribution in [0.2, 0.25) is 0 Å². The van der Waals surface area contributed by atoms with Gasteiger partial charge in [-0.05, 0) is 76.5 Å². The third kappa shape index (κ3) is 8.51. The summed E-state index contributed by atoms with van der Waals surface area (Å²) >= 11 is 0. The molecule has 3 heterocycles. The smallest absolute Gasteiger partial charge is 0.256 e. The van der Waals surface area contributed by atoms with Crippen molar-refractivity contribution in [2.75, 3.05) is 31.1 Å². The van der Waals surface area contributed by atoms with Gasteiger partial charge in [0, 0.05) is 49.1 Å². The number of rotatable bonds is 7. The molecule has 0 aromatic carbocycles. The van der Waals surface area contributed by atoms with E-state index in [-0.39, 0.29) is 22.9 Å². The molecule has 7 nitrogen and oxygen atoms in total. The Morgan fingerprint density at radius 3 is 2.28 bits per heavy atom. The van der Waals surface area contributed by atoms with Gasteiger partial charge < -0.3 is 9.80 Å². The SMILES string of the molecule is CC1CCc2c(nc(N(CCC3CCCCN(C(=O)C4CCCCC4)CC3)CC3CCCCC3)[nH]c2=O)C(C(C)(C)C)=N1. The van der Waals surface area contributed by atoms with Crippen molar-refractivity contribution in [3.63, 3.8) is 0 Å². The van der Waals surface area contributed by atoms with E-state index in [0.717, 1.165) is 94.0 Å². The molecule has 2 atom stereocenters. The van der Waals surface area contributed by atoms with E-state index in [9.17, 15) is 9.59 Å². The minimum Gasteiger partial charge on any atom is -0.342 e. The summed E-state index contributed by atoms with van der Waals surface area (Å²) in [5.74, 6) is 2.67. The minimum absolute atomic E-state index is 0.0162. The molecule has 2 aliphatic carbocycles. The van der Waals surface area contributed by atoms with Crippen molar-refractivity contribution in [3.05, 3.63) is 21.6 Å². The molecule has 3 fully saturated rings. The Bertz CT molecular complexity index is 1160. The number of nitrogens with one attached hydrogen (secondary N) is 1. The van der Waals surface area contributed by atoms with Gasteiger partial charge in [-0.15, -0.1) is 0 Å². The number of likely N-dealkylation sites (tertiary alicyclic amines) is 1. The monoisotopic (exact) mass is 593 g/mol. The number of amides is 1. The molecule has 1 amide bonds. The van der Waals surface area contributed by atoms with Crippen LogP contribution in [-0.2, 0) is 11.2 Å². The molecule has 240 valence electrons. The van der Waals surface area contributed by atoms with Crippen LogP contribution in [0.4, 0.5) is 5.95 Å². The highest BCUT2D eigenvalue weighted by Gasteiger charge is 2.31. The maximum atomic E-state index is 13.6. The number of fused-ring (bicyclic) bond motifs is 1. The molecule has 2 saturated carbocycles. The number of hydrogen-bond acceptors (Lipinski definition) is 5. The van der Waals surface area contributed by atoms with Gasteiger partial charge in [0.25, 0.3) is 5.56 Å². The zero-order valence-electron chi connectivity index (χ0n) is 27.8. The van der Waals surface area contributed by atoms with Crippen LogP contribution in [-0.4, -0.2) is 58.7 Å². The summed E-state index contributed by atoms with van der Waals surface area (Å²) in [6, 6.07) is 0.188. The summed E-state index contributed by atoms with van der Waals surface area (Å²) in [7, 11) is 0. The van der Waals surface area contributed by atoms with E-state index < -0.39 is 0 Å². The summed E-state index contributed by atoms with van der Waals surface area (Å²) in [4.78, 5) is 45.2. The molecule has 0 radical (unpaired) electrons. The van der Waals surface area contributed by atoms with Gasteiger partial charge in [0.05, 0.1) is 11.4 Å². The van der Waals surface area contributed by atoms with Gasteiger partial charge in [0.15, 0.2) is 0 Å². The fourth-order valence-corrected chi connectivity index (χ4v) is 8.06. The van der Waals surface area contributed by atoms with Crippen LogP contribution in [0, 0.1) is 23.2 Å². The number of carbonyl (C=O) groups excluding carboxylic acids is 1. The van der Waals surface area contributed by atoms with Gasteiger partial charge >= 0.3 is 0 Å². The number of hydrogen-bond donors (Lipinski definition) is 1. The van der Waals surface area contributed by atoms with E-state index in [1.807, 2.05) is 0 Å². The van der Waals surface area contributed by atoms with Crippen molar-refractivity contribution in [3.8, 4) is 0 Å². The Morgan fingerprint density at radius 2 is 1.56 bits per heavy atom. The van der Waals surface area contributed by atoms with Crippen LogP contribution < -0.4 is 10.5 Å². The van der Waals surface area contributed by atoms with Crippen molar-refractivity contribution in [1.29, 1.82) is 0 Å². The summed E-state index contributed by atoms with van der Waals surface area (Å²) < 4.78 is 0. The largest absolute Gasteiger partial charge is 0.342 e. The highest BCUT2D eigenvalue weighted by atomic mass is 16.2. The predicted molar refractivity (Wildman–Crippen MR) is 177 cm³/mol. The van der Waals surface area contributed by atoms with Gasteiger partial charge in [0.2, 0.25) is 11.9 Å². The van der Waals surface area contributed by atoms with Gasteiger partial charge in [-0.2, -0.15) is 0 Å². The molecule has 4 aliphatic rings. The van der Waals surface area contributed by atoms with E-state index in [1.165, 1.54) is 64.2 Å². The summed E-state index contributed by atoms with van der Waals surface area (Å²) in [5, 5.41) is 0. The van der Waals surface area contributed by atoms with E-state index >= 15 is 0 Å². The summed E-state index contributed by atoms with van der Waals surface area (Å²) in [5.41, 5.74) is 2.44. The Hall–Kier alpha value is -2.18. The highest BCUT2D eigenvalue weighted by molar-refractivity contribution is 6.04. The first kappa shape index (κ1) is 32.2. The van der Waals surface area contributed by atoms with Crippen molar-refractivity contribution < 1.29 is 4.79 Å². The van der Waals surface area contributed by atoms with Crippen LogP contribution in [0.15, 0.2) is 9.79 Å². The number of aromatic nitrogens is 2. The van der Waals surface area contributed by atoms with Crippen molar-refractivity contribution in [2.24, 2.45) is 28.2 Å². The number of aromatic amines is 1. The third-order valence-corrected chi connectivity index (χ3v) is 10.8. The quantitative estimate of drug-likeness (QED) is 0.359. The topological polar surface area (TPSA) is 81.7 Å². The van der Waals surface area contributed by atoms with Crippen molar-refractivity contribution >= 4 is 17.6 Å². The lowest BCUT2D eigenvalue weighted by atomic mass is 9.86. The molecule has 1 aromatic rings. The molecule has 1 aromatic heterocycles. The Labute approximate surface area is 260 Å². The number of nitrogens with zero attached hydrogens (tertiary/aromatic N) is 4. The van der Waals surface area contributed by atoms with E-state index in [2.05, 4.69) is 42.5 Å². The average molecular weight is 594 g/mol. The highest BCUT2D eigenvalue weighted by Crippen LogP contribution is 2.31. The van der Waals surface area contributed by atoms with Crippen LogP contribution in [0.25, 0.3) is 0 Å². The maximum Gasteiger partial charge on any atom is 0.256 e. The van der Waals surface area contributed by atoms with Crippen LogP contribution in [0.5, 0.6) is 0 Å². The lowest BCUT2D eigenvalue weighted by Gasteiger charge is -2.34. The molecule has 2 aliphatic heterocycles. The molecule has 43 heavy (non-hydrogen) atoms. The lowest BCUT2D eigenvalue weighted by molar-refractivity contribution is -0.137. The van der Waals surface area contributed by atoms with Crippen LogP contribution in [0.3, 0.4) is 0 Å². The third-order valence-electron chi connectivity index (χ3n) is 10.8. The molecule has 7 heteroatoms. The molecule has 5 rings (SSSR count). The summed E-state index contributed by atoms with van der Waals surface area (Å²) in [6.45, 7) is 12.4. The Kier molecular flexibility index (Phi) is 11.0. The average Bonchev–Trinajstić information content (AvgIpc) is 3.16. The second-order valence-electron chi connectivity index (χ2n) is 15.4. The second-order valence-corrected chi connectivity index (χ2v) is 15.4. The zero-order chi connectivity index (χ0) is 30.4. The molecule has 2 unspecified atom stereocenters. The first-order chi connectivity index (χ1) is 20.7. The van der Waals surface area contributed by atoms with E-state index in [4.69, 9.17) is 9.98 Å². The van der Waals surface area contributed by atoms with Gasteiger partial charge in [-0.3, -0.25) is 19.6 Å². The van der Waals surface area contributed by atoms with Gasteiger partial charge in [-0.25, -0.2) is 4.98 Å². The van der Waals surface area contributed by atoms with Crippen molar-refractivity contribution in [1.82, 2.24) is 14.9 Å². The van der Waals surface area contributed by atoms with Gasteiger partial charge in [0.1, 0.15) is 0 Å². The normalized spacial score (nSPS) is 24.8. The predicted octanol–water partition coefficient (Wildman–Crippen LogP) is 7.32. The van der Waals surface area contributed by atoms with E-state index in [0.29, 0.717) is 17.7 Å².